The summed E-state index contributed by atoms with van der Waals surface area (Å²) < 4.78 is 0. The lowest BCUT2D eigenvalue weighted by atomic mass is 9.88. The van der Waals surface area contributed by atoms with Crippen molar-refractivity contribution in [2.75, 3.05) is 0 Å². The Morgan fingerprint density at radius 2 is 0.476 bits per heavy atom. The first-order chi connectivity index (χ1) is 19.6. The van der Waals surface area contributed by atoms with Gasteiger partial charge in [-0.3, -0.25) is 14.4 Å². The van der Waals surface area contributed by atoms with E-state index in [9.17, 15) is 75.7 Å². The summed E-state index contributed by atoms with van der Waals surface area (Å²) in [4.78, 5) is 40.2. The van der Waals surface area contributed by atoms with Crippen LogP contribution in [0, 0.1) is 0 Å². The molecule has 0 spiro atoms. The summed E-state index contributed by atoms with van der Waals surface area (Å²) in [7, 11) is 0. The summed E-state index contributed by atoms with van der Waals surface area (Å²) >= 11 is 0. The van der Waals surface area contributed by atoms with Gasteiger partial charge in [-0.25, -0.2) is 0 Å². The van der Waals surface area contributed by atoms with Crippen LogP contribution in [0.4, 0.5) is 0 Å². The number of hydrogen-bond donors (Lipinski definition) is 12. The minimum Gasteiger partial charge on any atom is -0.506 e. The molecule has 0 aliphatic heterocycles. The van der Waals surface area contributed by atoms with Crippen molar-refractivity contribution >= 4 is 17.3 Å². The molecule has 0 saturated heterocycles. The van der Waals surface area contributed by atoms with Crippen LogP contribution in [0.1, 0.15) is 47.8 Å². The van der Waals surface area contributed by atoms with Crippen molar-refractivity contribution in [2.45, 2.75) is 0 Å². The standard InChI is InChI=1S/C27H18O15/c28-10-1-7(2-11(29)22(10)37)19(34)16-25(40)17(20(35)8-3-12(30)23(38)13(31)4-8)27(42)18(26(16)41)21(36)9-5-14(32)24(39)15(33)6-9/h1-6,28-33,37-42H. The Morgan fingerprint density at radius 3 is 0.643 bits per heavy atom. The van der Waals surface area contributed by atoms with Gasteiger partial charge in [0, 0.05) is 16.7 Å². The molecule has 15 heteroatoms. The third-order valence-electron chi connectivity index (χ3n) is 6.10. The first-order valence-electron chi connectivity index (χ1n) is 11.3. The Hall–Kier alpha value is -6.51. The predicted molar refractivity (Wildman–Crippen MR) is 136 cm³/mol. The molecule has 0 heterocycles. The fourth-order valence-corrected chi connectivity index (χ4v) is 4.00. The van der Waals surface area contributed by atoms with Crippen LogP contribution in [0.25, 0.3) is 0 Å². The van der Waals surface area contributed by atoms with E-state index >= 15 is 0 Å². The fourth-order valence-electron chi connectivity index (χ4n) is 4.00. The van der Waals surface area contributed by atoms with Crippen LogP contribution in [0.2, 0.25) is 0 Å². The average molecular weight is 582 g/mol. The molecule has 0 unspecified atom stereocenters. The Kier molecular flexibility index (Phi) is 6.72. The maximum atomic E-state index is 13.4. The van der Waals surface area contributed by atoms with Crippen LogP contribution in [-0.4, -0.2) is 78.6 Å². The fraction of sp³-hybridized carbons (Fsp3) is 0. The average Bonchev–Trinajstić information content (AvgIpc) is 2.92. The maximum absolute atomic E-state index is 13.4. The van der Waals surface area contributed by atoms with Crippen LogP contribution in [0.5, 0.6) is 69.0 Å². The molecule has 0 atom stereocenters. The zero-order valence-electron chi connectivity index (χ0n) is 20.6. The van der Waals surface area contributed by atoms with E-state index in [4.69, 9.17) is 0 Å². The topological polar surface area (TPSA) is 294 Å². The summed E-state index contributed by atoms with van der Waals surface area (Å²) in [5.74, 6) is -18.3. The van der Waals surface area contributed by atoms with Crippen LogP contribution >= 0.6 is 0 Å². The Balaban J connectivity index is 2.07. The lowest BCUT2D eigenvalue weighted by molar-refractivity contribution is 0.102. The number of phenolic OH excluding ortho intramolecular Hbond substituents is 12. The smallest absolute Gasteiger partial charge is 0.200 e. The number of benzene rings is 4. The van der Waals surface area contributed by atoms with Gasteiger partial charge in [0.15, 0.2) is 51.7 Å². The molecular weight excluding hydrogens is 564 g/mol. The number of phenols is 12. The molecule has 0 saturated carbocycles. The molecule has 0 radical (unpaired) electrons. The SMILES string of the molecule is O=C(c1cc(O)c(O)c(O)c1)c1c(O)c(C(=O)c2cc(O)c(O)c(O)c2)c(O)c(C(=O)c2cc(O)c(O)c(O)c2)c1O. The van der Waals surface area contributed by atoms with Crippen molar-refractivity contribution in [1.82, 2.24) is 0 Å². The van der Waals surface area contributed by atoms with Crippen molar-refractivity contribution in [3.05, 3.63) is 69.8 Å². The van der Waals surface area contributed by atoms with E-state index in [1.165, 1.54) is 0 Å². The van der Waals surface area contributed by atoms with Crippen LogP contribution in [-0.2, 0) is 0 Å². The molecule has 0 fully saturated rings. The summed E-state index contributed by atoms with van der Waals surface area (Å²) in [6.07, 6.45) is 0. The minimum absolute atomic E-state index is 0.582. The Bertz CT molecular complexity index is 1550. The van der Waals surface area contributed by atoms with Crippen molar-refractivity contribution in [2.24, 2.45) is 0 Å². The van der Waals surface area contributed by atoms with E-state index in [2.05, 4.69) is 0 Å². The van der Waals surface area contributed by atoms with E-state index in [1.54, 1.807) is 0 Å². The Labute approximate surface area is 232 Å². The number of carbonyl (C=O) groups is 3. The van der Waals surface area contributed by atoms with Gasteiger partial charge in [0.2, 0.25) is 17.3 Å². The van der Waals surface area contributed by atoms with Crippen molar-refractivity contribution < 1.29 is 75.7 Å². The van der Waals surface area contributed by atoms with E-state index in [-0.39, 0.29) is 0 Å². The van der Waals surface area contributed by atoms with Gasteiger partial charge in [0.05, 0.1) is 0 Å². The zero-order valence-corrected chi connectivity index (χ0v) is 20.6. The molecule has 42 heavy (non-hydrogen) atoms. The quantitative estimate of drug-likeness (QED) is 0.114. The molecule has 0 aromatic heterocycles. The molecule has 216 valence electrons. The number of aromatic hydroxyl groups is 12. The highest BCUT2D eigenvalue weighted by atomic mass is 16.3. The lowest BCUT2D eigenvalue weighted by Crippen LogP contribution is -2.13. The predicted octanol–water partition coefficient (Wildman–Crippen LogP) is 1.85. The number of ketones is 3. The van der Waals surface area contributed by atoms with E-state index in [1.807, 2.05) is 0 Å². The van der Waals surface area contributed by atoms with Crippen molar-refractivity contribution in [3.63, 3.8) is 0 Å². The maximum Gasteiger partial charge on any atom is 0.200 e. The van der Waals surface area contributed by atoms with Gasteiger partial charge >= 0.3 is 0 Å². The molecular formula is C27H18O15. The van der Waals surface area contributed by atoms with Gasteiger partial charge in [-0.1, -0.05) is 0 Å². The summed E-state index contributed by atoms with van der Waals surface area (Å²) in [6.45, 7) is 0. The third-order valence-corrected chi connectivity index (χ3v) is 6.10. The number of carbonyl (C=O) groups excluding carboxylic acids is 3. The summed E-state index contributed by atoms with van der Waals surface area (Å²) in [5, 5.41) is 121. The summed E-state index contributed by atoms with van der Waals surface area (Å²) in [5.41, 5.74) is -6.00. The largest absolute Gasteiger partial charge is 0.506 e. The van der Waals surface area contributed by atoms with Gasteiger partial charge in [-0.15, -0.1) is 0 Å². The van der Waals surface area contributed by atoms with Gasteiger partial charge < -0.3 is 61.3 Å². The second-order valence-electron chi connectivity index (χ2n) is 8.75. The van der Waals surface area contributed by atoms with Gasteiger partial charge in [0.1, 0.15) is 33.9 Å². The molecule has 0 aliphatic rings. The zero-order chi connectivity index (χ0) is 31.4. The second kappa shape index (κ2) is 9.91. The third kappa shape index (κ3) is 4.41. The molecule has 0 bridgehead atoms. The van der Waals surface area contributed by atoms with Crippen LogP contribution < -0.4 is 0 Å². The van der Waals surface area contributed by atoms with E-state index in [0.717, 1.165) is 0 Å². The van der Waals surface area contributed by atoms with Gasteiger partial charge in [0.25, 0.3) is 0 Å². The molecule has 4 aromatic rings. The van der Waals surface area contributed by atoms with Crippen LogP contribution in [0.3, 0.4) is 0 Å². The molecule has 0 amide bonds. The highest BCUT2D eigenvalue weighted by Crippen LogP contribution is 2.47. The monoisotopic (exact) mass is 582 g/mol. The molecule has 4 rings (SSSR count). The Morgan fingerprint density at radius 1 is 0.310 bits per heavy atom. The van der Waals surface area contributed by atoms with Gasteiger partial charge in [-0.2, -0.15) is 0 Å². The van der Waals surface area contributed by atoms with E-state index in [0.29, 0.717) is 36.4 Å². The lowest BCUT2D eigenvalue weighted by Gasteiger charge is -2.18. The van der Waals surface area contributed by atoms with E-state index < -0.39 is 120 Å². The minimum atomic E-state index is -1.49. The van der Waals surface area contributed by atoms with Crippen molar-refractivity contribution in [1.29, 1.82) is 0 Å². The second-order valence-corrected chi connectivity index (χ2v) is 8.75. The highest BCUT2D eigenvalue weighted by Gasteiger charge is 2.36. The normalized spacial score (nSPS) is 10.9. The first-order valence-corrected chi connectivity index (χ1v) is 11.3. The van der Waals surface area contributed by atoms with Crippen LogP contribution in [0.15, 0.2) is 36.4 Å². The highest BCUT2D eigenvalue weighted by molar-refractivity contribution is 6.24. The molecule has 15 nitrogen and oxygen atoms in total. The van der Waals surface area contributed by atoms with Crippen molar-refractivity contribution in [3.8, 4) is 69.0 Å². The molecule has 4 aromatic carbocycles. The first kappa shape index (κ1) is 28.5. The summed E-state index contributed by atoms with van der Waals surface area (Å²) in [6, 6.07) is 3.49. The molecule has 12 N–H and O–H groups in total. The van der Waals surface area contributed by atoms with Gasteiger partial charge in [-0.05, 0) is 36.4 Å². The molecule has 0 aliphatic carbocycles. The number of hydrogen-bond acceptors (Lipinski definition) is 15. The number of rotatable bonds is 6.